The van der Waals surface area contributed by atoms with Gasteiger partial charge < -0.3 is 14.8 Å². The van der Waals surface area contributed by atoms with Crippen molar-refractivity contribution in [2.24, 2.45) is 0 Å². The van der Waals surface area contributed by atoms with Gasteiger partial charge in [0.2, 0.25) is 0 Å². The summed E-state index contributed by atoms with van der Waals surface area (Å²) in [7, 11) is 1.19. The van der Waals surface area contributed by atoms with Crippen molar-refractivity contribution in [2.75, 3.05) is 19.0 Å². The van der Waals surface area contributed by atoms with Crippen LogP contribution in [0.4, 0.5) is 14.5 Å². The molecule has 0 aliphatic carbocycles. The number of hydrogen-bond donors (Lipinski definition) is 1. The number of carbonyl (C=O) groups excluding carboxylic acids is 2. The van der Waals surface area contributed by atoms with Crippen LogP contribution >= 0.6 is 15.9 Å². The molecule has 0 aromatic heterocycles. The average Bonchev–Trinajstić information content (AvgIpc) is 2.55. The van der Waals surface area contributed by atoms with Crippen molar-refractivity contribution < 1.29 is 27.8 Å². The van der Waals surface area contributed by atoms with E-state index in [0.717, 1.165) is 12.1 Å². The minimum atomic E-state index is -0.731. The van der Waals surface area contributed by atoms with E-state index < -0.39 is 30.1 Å². The van der Waals surface area contributed by atoms with Crippen LogP contribution in [-0.2, 0) is 9.53 Å². The first-order valence-electron chi connectivity index (χ1n) is 6.66. The van der Waals surface area contributed by atoms with Crippen molar-refractivity contribution in [3.8, 4) is 5.75 Å². The van der Waals surface area contributed by atoms with Gasteiger partial charge in [-0.1, -0.05) is 15.9 Å². The molecule has 1 amide bonds. The largest absolute Gasteiger partial charge is 0.481 e. The second-order valence-electron chi connectivity index (χ2n) is 4.60. The van der Waals surface area contributed by atoms with Gasteiger partial charge in [0.15, 0.2) is 18.2 Å². The van der Waals surface area contributed by atoms with E-state index >= 15 is 0 Å². The Kier molecular flexibility index (Phi) is 5.86. The van der Waals surface area contributed by atoms with E-state index in [1.54, 1.807) is 6.07 Å². The molecule has 0 saturated carbocycles. The number of hydrogen-bond acceptors (Lipinski definition) is 4. The van der Waals surface area contributed by atoms with Crippen LogP contribution in [0.3, 0.4) is 0 Å². The quantitative estimate of drug-likeness (QED) is 0.781. The summed E-state index contributed by atoms with van der Waals surface area (Å²) >= 11 is 3.10. The highest BCUT2D eigenvalue weighted by Gasteiger charge is 2.13. The molecule has 0 saturated heterocycles. The summed E-state index contributed by atoms with van der Waals surface area (Å²) in [5.41, 5.74) is -0.128. The molecule has 0 aliphatic heterocycles. The third-order valence-corrected chi connectivity index (χ3v) is 3.41. The molecule has 0 spiro atoms. The maximum Gasteiger partial charge on any atom is 0.337 e. The summed E-state index contributed by atoms with van der Waals surface area (Å²) in [4.78, 5) is 23.2. The Hall–Kier alpha value is -2.48. The minimum absolute atomic E-state index is 0.0778. The number of esters is 1. The Labute approximate surface area is 144 Å². The molecule has 24 heavy (non-hydrogen) atoms. The molecule has 0 unspecified atom stereocenters. The van der Waals surface area contributed by atoms with Gasteiger partial charge in [-0.2, -0.15) is 0 Å². The van der Waals surface area contributed by atoms with E-state index in [4.69, 9.17) is 4.74 Å². The SMILES string of the molecule is COC(=O)c1ccc(F)c(NC(=O)COc2ccc(Br)cc2F)c1. The molecule has 0 aliphatic rings. The van der Waals surface area contributed by atoms with Gasteiger partial charge >= 0.3 is 5.97 Å². The number of nitrogens with one attached hydrogen (secondary N) is 1. The maximum absolute atomic E-state index is 13.7. The molecular formula is C16H12BrF2NO4. The third kappa shape index (κ3) is 4.51. The van der Waals surface area contributed by atoms with Gasteiger partial charge in [-0.3, -0.25) is 4.79 Å². The monoisotopic (exact) mass is 399 g/mol. The Balaban J connectivity index is 2.03. The predicted molar refractivity (Wildman–Crippen MR) is 86.0 cm³/mol. The lowest BCUT2D eigenvalue weighted by molar-refractivity contribution is -0.118. The smallest absolute Gasteiger partial charge is 0.337 e. The second-order valence-corrected chi connectivity index (χ2v) is 5.51. The number of carbonyl (C=O) groups is 2. The topological polar surface area (TPSA) is 64.6 Å². The molecule has 2 aromatic carbocycles. The first-order chi connectivity index (χ1) is 11.4. The van der Waals surface area contributed by atoms with Crippen LogP contribution < -0.4 is 10.1 Å². The Morgan fingerprint density at radius 2 is 1.88 bits per heavy atom. The van der Waals surface area contributed by atoms with Crippen LogP contribution in [0.1, 0.15) is 10.4 Å². The first-order valence-corrected chi connectivity index (χ1v) is 7.45. The van der Waals surface area contributed by atoms with E-state index in [9.17, 15) is 18.4 Å². The number of halogens is 3. The fourth-order valence-electron chi connectivity index (χ4n) is 1.79. The molecule has 2 aromatic rings. The zero-order chi connectivity index (χ0) is 17.7. The fraction of sp³-hybridized carbons (Fsp3) is 0.125. The number of methoxy groups -OCH3 is 1. The lowest BCUT2D eigenvalue weighted by atomic mass is 10.2. The average molecular weight is 400 g/mol. The summed E-state index contributed by atoms with van der Waals surface area (Å²) in [6, 6.07) is 7.48. The van der Waals surface area contributed by atoms with Crippen molar-refractivity contribution in [1.29, 1.82) is 0 Å². The molecule has 126 valence electrons. The molecule has 0 radical (unpaired) electrons. The normalized spacial score (nSPS) is 10.2. The first kappa shape index (κ1) is 17.9. The number of amides is 1. The van der Waals surface area contributed by atoms with E-state index in [0.29, 0.717) is 4.47 Å². The van der Waals surface area contributed by atoms with Crippen LogP contribution in [0.25, 0.3) is 0 Å². The second kappa shape index (κ2) is 7.87. The third-order valence-electron chi connectivity index (χ3n) is 2.91. The number of anilines is 1. The van der Waals surface area contributed by atoms with Crippen LogP contribution in [0.5, 0.6) is 5.75 Å². The van der Waals surface area contributed by atoms with Gasteiger partial charge in [-0.15, -0.1) is 0 Å². The van der Waals surface area contributed by atoms with E-state index in [1.807, 2.05) is 0 Å². The van der Waals surface area contributed by atoms with Crippen LogP contribution in [0.2, 0.25) is 0 Å². The lowest BCUT2D eigenvalue weighted by Crippen LogP contribution is -2.21. The number of benzene rings is 2. The highest BCUT2D eigenvalue weighted by molar-refractivity contribution is 9.10. The van der Waals surface area contributed by atoms with Gasteiger partial charge in [0, 0.05) is 4.47 Å². The highest BCUT2D eigenvalue weighted by atomic mass is 79.9. The van der Waals surface area contributed by atoms with Crippen molar-refractivity contribution in [3.63, 3.8) is 0 Å². The molecule has 0 bridgehead atoms. The van der Waals surface area contributed by atoms with Crippen LogP contribution in [0, 0.1) is 11.6 Å². The minimum Gasteiger partial charge on any atom is -0.481 e. The highest BCUT2D eigenvalue weighted by Crippen LogP contribution is 2.21. The van der Waals surface area contributed by atoms with E-state index in [1.165, 1.54) is 25.3 Å². The van der Waals surface area contributed by atoms with Crippen LogP contribution in [0.15, 0.2) is 40.9 Å². The van der Waals surface area contributed by atoms with Gasteiger partial charge in [0.05, 0.1) is 18.4 Å². The van der Waals surface area contributed by atoms with Crippen molar-refractivity contribution in [2.45, 2.75) is 0 Å². The van der Waals surface area contributed by atoms with Gasteiger partial charge in [-0.05, 0) is 36.4 Å². The zero-order valence-corrected chi connectivity index (χ0v) is 14.0. The Morgan fingerprint density at radius 1 is 1.12 bits per heavy atom. The summed E-state index contributed by atoms with van der Waals surface area (Å²) in [6.45, 7) is -0.527. The maximum atomic E-state index is 13.7. The Morgan fingerprint density at radius 3 is 2.54 bits per heavy atom. The fourth-order valence-corrected chi connectivity index (χ4v) is 2.12. The van der Waals surface area contributed by atoms with Gasteiger partial charge in [0.1, 0.15) is 5.82 Å². The summed E-state index contributed by atoms with van der Waals surface area (Å²) < 4.78 is 37.4. The van der Waals surface area contributed by atoms with E-state index in [-0.39, 0.29) is 17.0 Å². The molecule has 8 heteroatoms. The lowest BCUT2D eigenvalue weighted by Gasteiger charge is -2.10. The number of ether oxygens (including phenoxy) is 2. The molecule has 5 nitrogen and oxygen atoms in total. The zero-order valence-electron chi connectivity index (χ0n) is 12.4. The van der Waals surface area contributed by atoms with Gasteiger partial charge in [0.25, 0.3) is 5.91 Å². The predicted octanol–water partition coefficient (Wildman–Crippen LogP) is 3.53. The van der Waals surface area contributed by atoms with Gasteiger partial charge in [-0.25, -0.2) is 13.6 Å². The number of rotatable bonds is 5. The van der Waals surface area contributed by atoms with E-state index in [2.05, 4.69) is 26.0 Å². The molecular weight excluding hydrogens is 388 g/mol. The van der Waals surface area contributed by atoms with Crippen molar-refractivity contribution >= 4 is 33.5 Å². The molecule has 0 fully saturated rings. The summed E-state index contributed by atoms with van der Waals surface area (Å²) in [6.07, 6.45) is 0. The van der Waals surface area contributed by atoms with Crippen molar-refractivity contribution in [3.05, 3.63) is 58.1 Å². The molecule has 0 heterocycles. The van der Waals surface area contributed by atoms with Crippen LogP contribution in [-0.4, -0.2) is 25.6 Å². The summed E-state index contributed by atoms with van der Waals surface area (Å²) in [5.74, 6) is -2.86. The molecule has 0 atom stereocenters. The molecule has 2 rings (SSSR count). The standard InChI is InChI=1S/C16H12BrF2NO4/c1-23-16(22)9-2-4-11(18)13(6-9)20-15(21)8-24-14-5-3-10(17)7-12(14)19/h2-7H,8H2,1H3,(H,20,21). The Bertz CT molecular complexity index is 783. The van der Waals surface area contributed by atoms with Crippen molar-refractivity contribution in [1.82, 2.24) is 0 Å². The molecule has 1 N–H and O–H groups in total. The summed E-state index contributed by atoms with van der Waals surface area (Å²) in [5, 5.41) is 2.25.